The van der Waals surface area contributed by atoms with Gasteiger partial charge in [-0.3, -0.25) is 9.59 Å². The zero-order chi connectivity index (χ0) is 20.3. The molecule has 0 spiro atoms. The molecule has 1 unspecified atom stereocenters. The summed E-state index contributed by atoms with van der Waals surface area (Å²) >= 11 is 0. The van der Waals surface area contributed by atoms with E-state index >= 15 is 0 Å². The lowest BCUT2D eigenvalue weighted by molar-refractivity contribution is -0.150. The number of benzene rings is 2. The van der Waals surface area contributed by atoms with Crippen LogP contribution in [-0.2, 0) is 4.79 Å². The number of carbonyl (C=O) groups excluding carboxylic acids is 1. The third-order valence-corrected chi connectivity index (χ3v) is 5.73. The van der Waals surface area contributed by atoms with Crippen LogP contribution in [0.4, 0.5) is 0 Å². The number of amides is 1. The van der Waals surface area contributed by atoms with Crippen LogP contribution in [0.5, 0.6) is 5.75 Å². The zero-order valence-electron chi connectivity index (χ0n) is 16.6. The van der Waals surface area contributed by atoms with Crippen molar-refractivity contribution in [3.8, 4) is 16.9 Å². The van der Waals surface area contributed by atoms with Gasteiger partial charge >= 0.3 is 5.97 Å². The van der Waals surface area contributed by atoms with Crippen molar-refractivity contribution >= 4 is 11.9 Å². The van der Waals surface area contributed by atoms with Crippen molar-refractivity contribution in [2.75, 3.05) is 19.7 Å². The molecule has 148 valence electrons. The van der Waals surface area contributed by atoms with Crippen molar-refractivity contribution < 1.29 is 19.4 Å². The maximum Gasteiger partial charge on any atom is 0.311 e. The molecule has 0 saturated carbocycles. The second-order valence-electron chi connectivity index (χ2n) is 7.60. The van der Waals surface area contributed by atoms with Crippen LogP contribution in [0.25, 0.3) is 11.1 Å². The number of hydrogen-bond donors (Lipinski definition) is 1. The van der Waals surface area contributed by atoms with E-state index in [0.717, 1.165) is 16.9 Å². The largest absolute Gasteiger partial charge is 0.493 e. The van der Waals surface area contributed by atoms with Gasteiger partial charge in [-0.15, -0.1) is 0 Å². The predicted octanol–water partition coefficient (Wildman–Crippen LogP) is 4.33. The van der Waals surface area contributed by atoms with Crippen molar-refractivity contribution in [1.29, 1.82) is 0 Å². The van der Waals surface area contributed by atoms with Crippen molar-refractivity contribution in [1.82, 2.24) is 4.90 Å². The Labute approximate surface area is 165 Å². The predicted molar refractivity (Wildman–Crippen MR) is 108 cm³/mol. The third-order valence-electron chi connectivity index (χ3n) is 5.73. The third kappa shape index (κ3) is 3.61. The van der Waals surface area contributed by atoms with Crippen LogP contribution < -0.4 is 4.74 Å². The van der Waals surface area contributed by atoms with Crippen LogP contribution in [0, 0.1) is 11.3 Å². The molecule has 0 aromatic heterocycles. The second kappa shape index (κ2) is 8.05. The molecule has 0 aliphatic carbocycles. The van der Waals surface area contributed by atoms with Gasteiger partial charge in [0.05, 0.1) is 12.0 Å². The highest BCUT2D eigenvalue weighted by atomic mass is 16.5. The van der Waals surface area contributed by atoms with Crippen LogP contribution in [0.1, 0.15) is 37.6 Å². The molecular formula is C23H27NO4. The number of carboxylic acid groups (broad SMARTS) is 1. The topological polar surface area (TPSA) is 66.8 Å². The molecule has 2 aromatic rings. The van der Waals surface area contributed by atoms with Gasteiger partial charge in [0.15, 0.2) is 0 Å². The Hall–Kier alpha value is -2.82. The van der Waals surface area contributed by atoms with Gasteiger partial charge in [0.2, 0.25) is 0 Å². The first-order chi connectivity index (χ1) is 13.4. The van der Waals surface area contributed by atoms with Crippen molar-refractivity contribution in [3.63, 3.8) is 0 Å². The fraction of sp³-hybridized carbons (Fsp3) is 0.391. The van der Waals surface area contributed by atoms with Crippen LogP contribution >= 0.6 is 0 Å². The standard InChI is InChI=1S/C23H27NO4/c1-4-28-20-11-6-5-10-19(20)17-8-7-9-18(14-17)21(25)24-13-12-23(15-24,16(2)3)22(26)27/h5-11,14,16H,4,12-13,15H2,1-3H3,(H,26,27). The molecule has 5 heteroatoms. The number of carbonyl (C=O) groups is 2. The normalized spacial score (nSPS) is 19.1. The first kappa shape index (κ1) is 19.9. The average molecular weight is 381 g/mol. The molecule has 28 heavy (non-hydrogen) atoms. The summed E-state index contributed by atoms with van der Waals surface area (Å²) in [5.74, 6) is -0.204. The molecular weight excluding hydrogens is 354 g/mol. The Morgan fingerprint density at radius 1 is 1.18 bits per heavy atom. The van der Waals surface area contributed by atoms with Crippen LogP contribution in [0.15, 0.2) is 48.5 Å². The summed E-state index contributed by atoms with van der Waals surface area (Å²) in [4.78, 5) is 26.6. The smallest absolute Gasteiger partial charge is 0.311 e. The Morgan fingerprint density at radius 3 is 2.57 bits per heavy atom. The van der Waals surface area contributed by atoms with Crippen LogP contribution in [-0.4, -0.2) is 41.6 Å². The zero-order valence-corrected chi connectivity index (χ0v) is 16.6. The fourth-order valence-electron chi connectivity index (χ4n) is 3.89. The van der Waals surface area contributed by atoms with Gasteiger partial charge in [0.25, 0.3) is 5.91 Å². The minimum absolute atomic E-state index is 0.0350. The van der Waals surface area contributed by atoms with E-state index < -0.39 is 11.4 Å². The minimum Gasteiger partial charge on any atom is -0.493 e. The quantitative estimate of drug-likeness (QED) is 0.809. The van der Waals surface area contributed by atoms with Gasteiger partial charge < -0.3 is 14.7 Å². The molecule has 0 bridgehead atoms. The number of likely N-dealkylation sites (tertiary alicyclic amines) is 1. The summed E-state index contributed by atoms with van der Waals surface area (Å²) < 4.78 is 5.71. The van der Waals surface area contributed by atoms with Gasteiger partial charge in [0.1, 0.15) is 5.75 Å². The number of nitrogens with zero attached hydrogens (tertiary/aromatic N) is 1. The number of hydrogen-bond acceptors (Lipinski definition) is 3. The maximum atomic E-state index is 13.1. The SMILES string of the molecule is CCOc1ccccc1-c1cccc(C(=O)N2CCC(C(=O)O)(C(C)C)C2)c1. The molecule has 3 rings (SSSR count). The van der Waals surface area contributed by atoms with E-state index in [-0.39, 0.29) is 18.4 Å². The van der Waals surface area contributed by atoms with Gasteiger partial charge in [-0.1, -0.05) is 44.2 Å². The van der Waals surface area contributed by atoms with Crippen molar-refractivity contribution in [2.24, 2.45) is 11.3 Å². The van der Waals surface area contributed by atoms with Crippen LogP contribution in [0.2, 0.25) is 0 Å². The molecule has 1 atom stereocenters. The lowest BCUT2D eigenvalue weighted by atomic mass is 9.76. The molecule has 1 amide bonds. The summed E-state index contributed by atoms with van der Waals surface area (Å²) in [5, 5.41) is 9.73. The second-order valence-corrected chi connectivity index (χ2v) is 7.60. The van der Waals surface area contributed by atoms with Crippen LogP contribution in [0.3, 0.4) is 0 Å². The first-order valence-corrected chi connectivity index (χ1v) is 9.74. The summed E-state index contributed by atoms with van der Waals surface area (Å²) in [6.45, 7) is 7.03. The monoisotopic (exact) mass is 381 g/mol. The van der Waals surface area contributed by atoms with E-state index in [9.17, 15) is 14.7 Å². The summed E-state index contributed by atoms with van der Waals surface area (Å²) in [5.41, 5.74) is 1.54. The highest BCUT2D eigenvalue weighted by Crippen LogP contribution is 2.39. The maximum absolute atomic E-state index is 13.1. The highest BCUT2D eigenvalue weighted by Gasteiger charge is 2.48. The molecule has 0 radical (unpaired) electrons. The Balaban J connectivity index is 1.87. The summed E-state index contributed by atoms with van der Waals surface area (Å²) in [6.07, 6.45) is 0.485. The average Bonchev–Trinajstić information content (AvgIpc) is 3.15. The molecule has 1 aliphatic rings. The van der Waals surface area contributed by atoms with Gasteiger partial charge in [-0.05, 0) is 43.0 Å². The van der Waals surface area contributed by atoms with Gasteiger partial charge in [-0.2, -0.15) is 0 Å². The Bertz CT molecular complexity index is 876. The number of carboxylic acids is 1. The first-order valence-electron chi connectivity index (χ1n) is 9.74. The van der Waals surface area contributed by atoms with E-state index in [2.05, 4.69) is 0 Å². The van der Waals surface area contributed by atoms with Crippen molar-refractivity contribution in [2.45, 2.75) is 27.2 Å². The molecule has 1 heterocycles. The minimum atomic E-state index is -0.866. The number of ether oxygens (including phenoxy) is 1. The van der Waals surface area contributed by atoms with E-state index in [1.54, 1.807) is 11.0 Å². The van der Waals surface area contributed by atoms with E-state index in [1.165, 1.54) is 0 Å². The molecule has 1 aliphatic heterocycles. The van der Waals surface area contributed by atoms with E-state index in [0.29, 0.717) is 25.1 Å². The number of rotatable bonds is 6. The lowest BCUT2D eigenvalue weighted by Crippen LogP contribution is -2.40. The molecule has 1 N–H and O–H groups in total. The number of aliphatic carboxylic acids is 1. The Kier molecular flexibility index (Phi) is 5.73. The molecule has 1 fully saturated rings. The van der Waals surface area contributed by atoms with Gasteiger partial charge in [-0.25, -0.2) is 0 Å². The number of para-hydroxylation sites is 1. The van der Waals surface area contributed by atoms with Crippen molar-refractivity contribution in [3.05, 3.63) is 54.1 Å². The highest BCUT2D eigenvalue weighted by molar-refractivity contribution is 5.96. The fourth-order valence-corrected chi connectivity index (χ4v) is 3.89. The molecule has 2 aromatic carbocycles. The van der Waals surface area contributed by atoms with Gasteiger partial charge in [0, 0.05) is 24.2 Å². The van der Waals surface area contributed by atoms with E-state index in [4.69, 9.17) is 4.74 Å². The molecule has 1 saturated heterocycles. The Morgan fingerprint density at radius 2 is 1.93 bits per heavy atom. The molecule has 5 nitrogen and oxygen atoms in total. The van der Waals surface area contributed by atoms with E-state index in [1.807, 2.05) is 63.2 Å². The summed E-state index contributed by atoms with van der Waals surface area (Å²) in [7, 11) is 0. The summed E-state index contributed by atoms with van der Waals surface area (Å²) in [6, 6.07) is 15.2. The lowest BCUT2D eigenvalue weighted by Gasteiger charge is -2.28.